The summed E-state index contributed by atoms with van der Waals surface area (Å²) < 4.78 is 4.91. The zero-order chi connectivity index (χ0) is 18.2. The average Bonchev–Trinajstić information content (AvgIpc) is 2.62. The fraction of sp³-hybridized carbons (Fsp3) is 0.167. The molecule has 2 N–H and O–H groups in total. The largest absolute Gasteiger partial charge is 0.454 e. The fourth-order valence-electron chi connectivity index (χ4n) is 1.94. The lowest BCUT2D eigenvalue weighted by molar-refractivity contribution is -0.148. The Hall–Kier alpha value is -2.86. The van der Waals surface area contributed by atoms with E-state index < -0.39 is 30.4 Å². The molecule has 0 aromatic heterocycles. The zero-order valence-electron chi connectivity index (χ0n) is 13.5. The number of carbonyl (C=O) groups is 3. The molecule has 0 saturated heterocycles. The van der Waals surface area contributed by atoms with Crippen molar-refractivity contribution >= 4 is 35.1 Å². The summed E-state index contributed by atoms with van der Waals surface area (Å²) in [5, 5.41) is 5.43. The van der Waals surface area contributed by atoms with Gasteiger partial charge in [0.25, 0.3) is 11.8 Å². The van der Waals surface area contributed by atoms with Crippen molar-refractivity contribution in [1.29, 1.82) is 0 Å². The molecule has 0 heterocycles. The van der Waals surface area contributed by atoms with Crippen molar-refractivity contribution in [3.63, 3.8) is 0 Å². The van der Waals surface area contributed by atoms with E-state index in [4.69, 9.17) is 16.3 Å². The van der Waals surface area contributed by atoms with Crippen molar-refractivity contribution in [1.82, 2.24) is 5.32 Å². The smallest absolute Gasteiger partial charge is 0.328 e. The Morgan fingerprint density at radius 1 is 1.04 bits per heavy atom. The van der Waals surface area contributed by atoms with Crippen molar-refractivity contribution in [3.8, 4) is 0 Å². The van der Waals surface area contributed by atoms with Gasteiger partial charge in [-0.3, -0.25) is 9.59 Å². The van der Waals surface area contributed by atoms with Crippen molar-refractivity contribution in [2.45, 2.75) is 13.0 Å². The molecule has 130 valence electrons. The monoisotopic (exact) mass is 360 g/mol. The van der Waals surface area contributed by atoms with E-state index in [0.717, 1.165) is 0 Å². The van der Waals surface area contributed by atoms with Crippen LogP contribution in [0.5, 0.6) is 0 Å². The second-order valence-electron chi connectivity index (χ2n) is 5.20. The van der Waals surface area contributed by atoms with Gasteiger partial charge in [-0.15, -0.1) is 0 Å². The first-order chi connectivity index (χ1) is 12.0. The number of hydrogen-bond donors (Lipinski definition) is 2. The summed E-state index contributed by atoms with van der Waals surface area (Å²) in [6, 6.07) is 14.3. The normalized spacial score (nSPS) is 11.3. The number of nitrogens with one attached hydrogen (secondary N) is 2. The molecule has 0 bridgehead atoms. The van der Waals surface area contributed by atoms with Gasteiger partial charge in [-0.1, -0.05) is 41.9 Å². The number of para-hydroxylation sites is 1. The molecule has 0 aliphatic heterocycles. The fourth-order valence-corrected chi connectivity index (χ4v) is 2.12. The summed E-state index contributed by atoms with van der Waals surface area (Å²) in [7, 11) is 0. The molecule has 0 saturated carbocycles. The molecular weight excluding hydrogens is 344 g/mol. The van der Waals surface area contributed by atoms with E-state index in [1.807, 2.05) is 0 Å². The van der Waals surface area contributed by atoms with Gasteiger partial charge in [-0.05, 0) is 31.2 Å². The summed E-state index contributed by atoms with van der Waals surface area (Å²) >= 11 is 5.93. The van der Waals surface area contributed by atoms with E-state index >= 15 is 0 Å². The van der Waals surface area contributed by atoms with Crippen LogP contribution in [0.4, 0.5) is 5.69 Å². The minimum absolute atomic E-state index is 0.380. The Bertz CT molecular complexity index is 765. The quantitative estimate of drug-likeness (QED) is 0.775. The molecule has 0 fully saturated rings. The number of benzene rings is 2. The van der Waals surface area contributed by atoms with Gasteiger partial charge in [-0.2, -0.15) is 0 Å². The molecule has 2 aromatic rings. The van der Waals surface area contributed by atoms with Crippen LogP contribution >= 0.6 is 11.6 Å². The van der Waals surface area contributed by atoms with E-state index in [1.165, 1.54) is 6.92 Å². The number of rotatable bonds is 6. The van der Waals surface area contributed by atoms with Crippen molar-refractivity contribution in [2.75, 3.05) is 11.9 Å². The van der Waals surface area contributed by atoms with Gasteiger partial charge in [0.15, 0.2) is 6.61 Å². The molecule has 0 spiro atoms. The number of ether oxygens (including phenoxy) is 1. The first-order valence-corrected chi connectivity index (χ1v) is 7.92. The minimum atomic E-state index is -0.888. The molecular formula is C18H17ClN2O4. The van der Waals surface area contributed by atoms with Gasteiger partial charge in [0.1, 0.15) is 6.04 Å². The van der Waals surface area contributed by atoms with E-state index in [1.54, 1.807) is 54.6 Å². The molecule has 25 heavy (non-hydrogen) atoms. The molecule has 1 atom stereocenters. The molecule has 2 rings (SSSR count). The summed E-state index contributed by atoms with van der Waals surface area (Å²) in [5.41, 5.74) is 0.856. The maximum Gasteiger partial charge on any atom is 0.328 e. The van der Waals surface area contributed by atoms with Crippen LogP contribution in [0.3, 0.4) is 0 Å². The standard InChI is InChI=1S/C18H17ClN2O4/c1-12(20-17(23)13-7-3-2-4-8-13)18(24)25-11-16(22)21-15-10-6-5-9-14(15)19/h2-10,12H,11H2,1H3,(H,20,23)(H,21,22)/t12-/m0/s1. The number of esters is 1. The van der Waals surface area contributed by atoms with Crippen molar-refractivity contribution in [2.24, 2.45) is 0 Å². The van der Waals surface area contributed by atoms with E-state index in [-0.39, 0.29) is 0 Å². The third-order valence-electron chi connectivity index (χ3n) is 3.23. The molecule has 6 nitrogen and oxygen atoms in total. The summed E-state index contributed by atoms with van der Waals surface area (Å²) in [4.78, 5) is 35.7. The lowest BCUT2D eigenvalue weighted by Gasteiger charge is -2.13. The van der Waals surface area contributed by atoms with E-state index in [0.29, 0.717) is 16.3 Å². The number of carbonyl (C=O) groups excluding carboxylic acids is 3. The maximum absolute atomic E-state index is 12.0. The topological polar surface area (TPSA) is 84.5 Å². The SMILES string of the molecule is C[C@H](NC(=O)c1ccccc1)C(=O)OCC(=O)Nc1ccccc1Cl. The lowest BCUT2D eigenvalue weighted by Crippen LogP contribution is -2.40. The molecule has 0 aliphatic rings. The molecule has 2 aromatic carbocycles. The first kappa shape index (κ1) is 18.5. The third kappa shape index (κ3) is 5.61. The van der Waals surface area contributed by atoms with Crippen LogP contribution in [0.25, 0.3) is 0 Å². The molecule has 0 unspecified atom stereocenters. The van der Waals surface area contributed by atoms with Gasteiger partial charge in [0, 0.05) is 5.56 Å². The third-order valence-corrected chi connectivity index (χ3v) is 3.56. The van der Waals surface area contributed by atoms with Crippen LogP contribution in [0, 0.1) is 0 Å². The van der Waals surface area contributed by atoms with Crippen LogP contribution in [0.2, 0.25) is 5.02 Å². The summed E-state index contributed by atoms with van der Waals surface area (Å²) in [6.07, 6.45) is 0. The lowest BCUT2D eigenvalue weighted by atomic mass is 10.2. The van der Waals surface area contributed by atoms with Crippen LogP contribution < -0.4 is 10.6 Å². The van der Waals surface area contributed by atoms with Crippen LogP contribution in [-0.2, 0) is 14.3 Å². The van der Waals surface area contributed by atoms with Crippen molar-refractivity contribution in [3.05, 3.63) is 65.2 Å². The van der Waals surface area contributed by atoms with Crippen LogP contribution in [0.15, 0.2) is 54.6 Å². The van der Waals surface area contributed by atoms with Gasteiger partial charge < -0.3 is 15.4 Å². The highest BCUT2D eigenvalue weighted by Gasteiger charge is 2.19. The predicted octanol–water partition coefficient (Wildman–Crippen LogP) is 2.64. The summed E-state index contributed by atoms with van der Waals surface area (Å²) in [5.74, 6) is -1.63. The highest BCUT2D eigenvalue weighted by atomic mass is 35.5. The molecule has 0 aliphatic carbocycles. The number of amides is 2. The van der Waals surface area contributed by atoms with Crippen LogP contribution in [-0.4, -0.2) is 30.4 Å². The van der Waals surface area contributed by atoms with Gasteiger partial charge in [-0.25, -0.2) is 4.79 Å². The van der Waals surface area contributed by atoms with Gasteiger partial charge in [0.05, 0.1) is 10.7 Å². The molecule has 0 radical (unpaired) electrons. The highest BCUT2D eigenvalue weighted by molar-refractivity contribution is 6.33. The Labute approximate surface area is 150 Å². The Kier molecular flexibility index (Phi) is 6.54. The molecule has 2 amide bonds. The highest BCUT2D eigenvalue weighted by Crippen LogP contribution is 2.20. The summed E-state index contributed by atoms with van der Waals surface area (Å²) in [6.45, 7) is 1.00. The maximum atomic E-state index is 12.0. The molecule has 7 heteroatoms. The zero-order valence-corrected chi connectivity index (χ0v) is 14.2. The van der Waals surface area contributed by atoms with Gasteiger partial charge >= 0.3 is 5.97 Å². The van der Waals surface area contributed by atoms with Crippen LogP contribution in [0.1, 0.15) is 17.3 Å². The first-order valence-electron chi connectivity index (χ1n) is 7.54. The Balaban J connectivity index is 1.80. The number of anilines is 1. The van der Waals surface area contributed by atoms with E-state index in [2.05, 4.69) is 10.6 Å². The predicted molar refractivity (Wildman–Crippen MR) is 94.4 cm³/mol. The van der Waals surface area contributed by atoms with Crippen molar-refractivity contribution < 1.29 is 19.1 Å². The van der Waals surface area contributed by atoms with E-state index in [9.17, 15) is 14.4 Å². The average molecular weight is 361 g/mol. The Morgan fingerprint density at radius 3 is 2.36 bits per heavy atom. The number of hydrogen-bond acceptors (Lipinski definition) is 4. The second-order valence-corrected chi connectivity index (χ2v) is 5.60. The number of halogens is 1. The second kappa shape index (κ2) is 8.84. The Morgan fingerprint density at radius 2 is 1.68 bits per heavy atom. The minimum Gasteiger partial charge on any atom is -0.454 e. The van der Waals surface area contributed by atoms with Gasteiger partial charge in [0.2, 0.25) is 0 Å².